The van der Waals surface area contributed by atoms with Crippen molar-refractivity contribution in [3.63, 3.8) is 0 Å². The molecule has 0 spiro atoms. The first-order chi connectivity index (χ1) is 13.2. The molecule has 10 nitrogen and oxygen atoms in total. The van der Waals surface area contributed by atoms with Gasteiger partial charge in [0.1, 0.15) is 21.3 Å². The molecule has 6 N–H and O–H groups in total. The summed E-state index contributed by atoms with van der Waals surface area (Å²) in [4.78, 5) is -0.372. The summed E-state index contributed by atoms with van der Waals surface area (Å²) in [5, 5.41) is 0. The third kappa shape index (κ3) is 6.49. The van der Waals surface area contributed by atoms with Crippen LogP contribution in [0.15, 0.2) is 34.1 Å². The molecule has 0 atom stereocenters. The predicted molar refractivity (Wildman–Crippen MR) is 109 cm³/mol. The van der Waals surface area contributed by atoms with Crippen molar-refractivity contribution >= 4 is 31.6 Å². The fourth-order valence-corrected chi connectivity index (χ4v) is 3.84. The first-order valence-electron chi connectivity index (χ1n) is 8.14. The van der Waals surface area contributed by atoms with Gasteiger partial charge in [-0.15, -0.1) is 0 Å². The van der Waals surface area contributed by atoms with Crippen LogP contribution >= 0.6 is 0 Å². The summed E-state index contributed by atoms with van der Waals surface area (Å²) >= 11 is 0. The lowest BCUT2D eigenvalue weighted by molar-refractivity contribution is 0.341. The summed E-state index contributed by atoms with van der Waals surface area (Å²) in [6.45, 7) is 5.22. The first kappa shape index (κ1) is 24.5. The van der Waals surface area contributed by atoms with Gasteiger partial charge in [-0.3, -0.25) is 9.11 Å². The fraction of sp³-hybridized carbons (Fsp3) is 0.294. The number of ether oxygens (including phenoxy) is 2. The van der Waals surface area contributed by atoms with Gasteiger partial charge < -0.3 is 20.9 Å². The number of hydrogen-bond acceptors (Lipinski definition) is 8. The van der Waals surface area contributed by atoms with Gasteiger partial charge in [-0.1, -0.05) is 0 Å². The summed E-state index contributed by atoms with van der Waals surface area (Å²) in [6.07, 6.45) is 0. The average molecular weight is 449 g/mol. The molecule has 2 rings (SSSR count). The van der Waals surface area contributed by atoms with Crippen molar-refractivity contribution in [2.75, 3.05) is 25.2 Å². The van der Waals surface area contributed by atoms with Crippen molar-refractivity contribution < 1.29 is 35.4 Å². The van der Waals surface area contributed by atoms with Crippen LogP contribution in [0, 0.1) is 13.8 Å². The molecule has 2 aromatic carbocycles. The molecule has 0 bridgehead atoms. The first-order valence-corrected chi connectivity index (χ1v) is 11.0. The third-order valence-electron chi connectivity index (χ3n) is 3.69. The molecule has 0 aliphatic rings. The molecular formula is C17H24N2O8S2. The lowest BCUT2D eigenvalue weighted by Crippen LogP contribution is -2.04. The molecular weight excluding hydrogens is 424 g/mol. The van der Waals surface area contributed by atoms with Crippen LogP contribution in [0.3, 0.4) is 0 Å². The predicted octanol–water partition coefficient (Wildman–Crippen LogP) is 2.06. The highest BCUT2D eigenvalue weighted by Gasteiger charge is 2.17. The summed E-state index contributed by atoms with van der Waals surface area (Å²) < 4.78 is 71.5. The fourth-order valence-electron chi connectivity index (χ4n) is 2.40. The lowest BCUT2D eigenvalue weighted by atomic mass is 10.2. The van der Waals surface area contributed by atoms with Gasteiger partial charge in [0.15, 0.2) is 0 Å². The van der Waals surface area contributed by atoms with E-state index in [1.807, 2.05) is 0 Å². The molecule has 0 aliphatic heterocycles. The summed E-state index contributed by atoms with van der Waals surface area (Å²) in [6, 6.07) is 5.31. The molecule has 0 saturated carbocycles. The maximum absolute atomic E-state index is 11.0. The van der Waals surface area contributed by atoms with E-state index in [4.69, 9.17) is 30.0 Å². The highest BCUT2D eigenvalue weighted by Crippen LogP contribution is 2.29. The minimum absolute atomic E-state index is 0.180. The quantitative estimate of drug-likeness (QED) is 0.390. The van der Waals surface area contributed by atoms with E-state index in [-0.39, 0.29) is 21.3 Å². The Hall–Kier alpha value is -2.54. The number of nitrogen functional groups attached to an aromatic ring is 2. The SMILES string of the molecule is CCOc1cc(S(=O)(=O)O)c(C)cc1N.COc1cc(S(=O)(=O)O)c(C)cc1N. The molecule has 2 aromatic rings. The number of nitrogens with two attached hydrogens (primary N) is 2. The largest absolute Gasteiger partial charge is 0.495 e. The summed E-state index contributed by atoms with van der Waals surface area (Å²) in [7, 11) is -7.08. The Morgan fingerprint density at radius 2 is 1.21 bits per heavy atom. The van der Waals surface area contributed by atoms with Crippen molar-refractivity contribution in [3.05, 3.63) is 35.4 Å². The van der Waals surface area contributed by atoms with Crippen LogP contribution < -0.4 is 20.9 Å². The Morgan fingerprint density at radius 3 is 1.55 bits per heavy atom. The topological polar surface area (TPSA) is 179 Å². The molecule has 0 saturated heterocycles. The van der Waals surface area contributed by atoms with Gasteiger partial charge in [0.25, 0.3) is 20.2 Å². The number of rotatable bonds is 5. The molecule has 0 amide bonds. The van der Waals surface area contributed by atoms with Crippen molar-refractivity contribution in [2.45, 2.75) is 30.6 Å². The second-order valence-corrected chi connectivity index (χ2v) is 8.68. The monoisotopic (exact) mass is 448 g/mol. The smallest absolute Gasteiger partial charge is 0.294 e. The van der Waals surface area contributed by atoms with Gasteiger partial charge in [0.05, 0.1) is 25.1 Å². The minimum atomic E-state index is -4.23. The van der Waals surface area contributed by atoms with Crippen LogP contribution in [0.1, 0.15) is 18.1 Å². The Labute approximate surface area is 169 Å². The van der Waals surface area contributed by atoms with Gasteiger partial charge in [0, 0.05) is 12.1 Å². The normalized spacial score (nSPS) is 11.4. The number of methoxy groups -OCH3 is 1. The second-order valence-electron chi connectivity index (χ2n) is 5.90. The van der Waals surface area contributed by atoms with Crippen LogP contribution in [0.4, 0.5) is 11.4 Å². The van der Waals surface area contributed by atoms with E-state index in [2.05, 4.69) is 0 Å². The van der Waals surface area contributed by atoms with Crippen molar-refractivity contribution in [3.8, 4) is 11.5 Å². The lowest BCUT2D eigenvalue weighted by Gasteiger charge is -2.10. The van der Waals surface area contributed by atoms with Crippen LogP contribution in [-0.2, 0) is 20.2 Å². The van der Waals surface area contributed by atoms with E-state index in [1.54, 1.807) is 20.8 Å². The van der Waals surface area contributed by atoms with Gasteiger partial charge in [-0.2, -0.15) is 16.8 Å². The van der Waals surface area contributed by atoms with Crippen molar-refractivity contribution in [1.82, 2.24) is 0 Å². The van der Waals surface area contributed by atoms with E-state index in [9.17, 15) is 16.8 Å². The Bertz CT molecular complexity index is 1100. The zero-order chi connectivity index (χ0) is 22.6. The average Bonchev–Trinajstić information content (AvgIpc) is 2.56. The van der Waals surface area contributed by atoms with Crippen molar-refractivity contribution in [2.24, 2.45) is 0 Å². The highest BCUT2D eigenvalue weighted by atomic mass is 32.2. The van der Waals surface area contributed by atoms with Crippen LogP contribution in [-0.4, -0.2) is 39.7 Å². The zero-order valence-electron chi connectivity index (χ0n) is 16.3. The molecule has 0 aromatic heterocycles. The van der Waals surface area contributed by atoms with Crippen LogP contribution in [0.2, 0.25) is 0 Å². The summed E-state index contributed by atoms with van der Waals surface area (Å²) in [5.41, 5.74) is 12.6. The Morgan fingerprint density at radius 1 is 0.828 bits per heavy atom. The Balaban J connectivity index is 0.000000291. The second kappa shape index (κ2) is 9.31. The van der Waals surface area contributed by atoms with Crippen LogP contribution in [0.5, 0.6) is 11.5 Å². The standard InChI is InChI=1S/C9H13NO4S.C8H11NO4S/c1-3-14-8-5-9(15(11,12)13)6(2)4-7(8)10;1-5-3-6(9)7(13-2)4-8(5)14(10,11)12/h4-5H,3,10H2,1-2H3,(H,11,12,13);3-4H,9H2,1-2H3,(H,10,11,12). The summed E-state index contributed by atoms with van der Waals surface area (Å²) in [5.74, 6) is 0.485. The molecule has 29 heavy (non-hydrogen) atoms. The maximum atomic E-state index is 11.0. The maximum Gasteiger partial charge on any atom is 0.294 e. The van der Waals surface area contributed by atoms with Gasteiger partial charge in [-0.05, 0) is 44.0 Å². The van der Waals surface area contributed by atoms with E-state index >= 15 is 0 Å². The third-order valence-corrected chi connectivity index (χ3v) is 5.68. The van der Waals surface area contributed by atoms with E-state index in [1.165, 1.54) is 31.4 Å². The molecule has 0 heterocycles. The minimum Gasteiger partial charge on any atom is -0.495 e. The van der Waals surface area contributed by atoms with Gasteiger partial charge in [0.2, 0.25) is 0 Å². The number of hydrogen-bond donors (Lipinski definition) is 4. The zero-order valence-corrected chi connectivity index (χ0v) is 18.0. The molecule has 162 valence electrons. The number of aryl methyl sites for hydroxylation is 2. The van der Waals surface area contributed by atoms with Crippen LogP contribution in [0.25, 0.3) is 0 Å². The number of anilines is 2. The van der Waals surface area contributed by atoms with E-state index in [0.29, 0.717) is 29.1 Å². The van der Waals surface area contributed by atoms with Gasteiger partial charge >= 0.3 is 0 Å². The molecule has 0 radical (unpaired) electrons. The molecule has 0 aliphatic carbocycles. The highest BCUT2D eigenvalue weighted by molar-refractivity contribution is 7.86. The Kier molecular flexibility index (Phi) is 7.86. The molecule has 0 fully saturated rings. The molecule has 12 heteroatoms. The van der Waals surface area contributed by atoms with Gasteiger partial charge in [-0.25, -0.2) is 0 Å². The van der Waals surface area contributed by atoms with Crippen molar-refractivity contribution in [1.29, 1.82) is 0 Å². The molecule has 0 unspecified atom stereocenters. The number of benzene rings is 2. The van der Waals surface area contributed by atoms with E-state index in [0.717, 1.165) is 0 Å². The van der Waals surface area contributed by atoms with E-state index < -0.39 is 20.2 Å².